The van der Waals surface area contributed by atoms with Crippen molar-refractivity contribution in [2.75, 3.05) is 0 Å². The van der Waals surface area contributed by atoms with E-state index in [-0.39, 0.29) is 11.9 Å². The van der Waals surface area contributed by atoms with E-state index < -0.39 is 0 Å². The van der Waals surface area contributed by atoms with Gasteiger partial charge < -0.3 is 10.3 Å². The minimum atomic E-state index is 0.112. The molecule has 29 heavy (non-hydrogen) atoms. The molecular formula is C25H27N3O. The Labute approximate surface area is 171 Å². The van der Waals surface area contributed by atoms with E-state index in [1.165, 1.54) is 16.5 Å². The number of benzene rings is 2. The van der Waals surface area contributed by atoms with Gasteiger partial charge in [-0.2, -0.15) is 0 Å². The highest BCUT2D eigenvalue weighted by atomic mass is 16.1. The van der Waals surface area contributed by atoms with Crippen molar-refractivity contribution in [1.29, 1.82) is 0 Å². The standard InChI is InChI=1S/C25H27N3O/c1-16(2)26-24(29)10-6-8-19-20-15-17(3)11-13-22(20)28-25(19)23-14-12-18-7-4-5-9-21(18)27-23/h4-5,7,9,11-16,28H,6,8,10H2,1-3H3,(H,26,29). The normalized spacial score (nSPS) is 11.4. The number of aryl methyl sites for hydroxylation is 2. The van der Waals surface area contributed by atoms with Gasteiger partial charge in [-0.3, -0.25) is 4.79 Å². The maximum atomic E-state index is 12.1. The number of hydrogen-bond donors (Lipinski definition) is 2. The number of nitrogens with zero attached hydrogens (tertiary/aromatic N) is 1. The molecule has 148 valence electrons. The molecule has 0 unspecified atom stereocenters. The predicted octanol–water partition coefficient (Wildman–Crippen LogP) is 5.54. The Bertz CT molecular complexity index is 1170. The van der Waals surface area contributed by atoms with Crippen LogP contribution in [0.1, 0.15) is 37.8 Å². The van der Waals surface area contributed by atoms with E-state index in [0.717, 1.165) is 40.6 Å². The number of rotatable bonds is 6. The first kappa shape index (κ1) is 19.2. The van der Waals surface area contributed by atoms with Crippen LogP contribution in [0.25, 0.3) is 33.2 Å². The zero-order valence-electron chi connectivity index (χ0n) is 17.3. The highest BCUT2D eigenvalue weighted by molar-refractivity contribution is 5.92. The van der Waals surface area contributed by atoms with E-state index >= 15 is 0 Å². The van der Waals surface area contributed by atoms with E-state index in [1.807, 2.05) is 32.0 Å². The Morgan fingerprint density at radius 3 is 2.76 bits per heavy atom. The fourth-order valence-electron chi connectivity index (χ4n) is 3.86. The summed E-state index contributed by atoms with van der Waals surface area (Å²) in [5.74, 6) is 0.112. The van der Waals surface area contributed by atoms with Crippen LogP contribution in [0, 0.1) is 6.92 Å². The SMILES string of the molecule is Cc1ccc2[nH]c(-c3ccc4ccccc4n3)c(CCCC(=O)NC(C)C)c2c1. The average Bonchev–Trinajstić information content (AvgIpc) is 3.05. The second-order valence-electron chi connectivity index (χ2n) is 7.99. The molecule has 0 atom stereocenters. The minimum absolute atomic E-state index is 0.112. The summed E-state index contributed by atoms with van der Waals surface area (Å²) in [7, 11) is 0. The van der Waals surface area contributed by atoms with E-state index in [2.05, 4.69) is 53.6 Å². The molecule has 0 radical (unpaired) electrons. The van der Waals surface area contributed by atoms with Crippen molar-refractivity contribution < 1.29 is 4.79 Å². The molecule has 0 aliphatic heterocycles. The van der Waals surface area contributed by atoms with Crippen LogP contribution >= 0.6 is 0 Å². The van der Waals surface area contributed by atoms with Crippen LogP contribution < -0.4 is 5.32 Å². The molecule has 4 nitrogen and oxygen atoms in total. The van der Waals surface area contributed by atoms with Gasteiger partial charge in [-0.1, -0.05) is 35.9 Å². The minimum Gasteiger partial charge on any atom is -0.354 e. The second kappa shape index (κ2) is 8.08. The third kappa shape index (κ3) is 4.16. The molecular weight excluding hydrogens is 358 g/mol. The number of aromatic amines is 1. The number of para-hydroxylation sites is 1. The first-order valence-electron chi connectivity index (χ1n) is 10.3. The van der Waals surface area contributed by atoms with Crippen LogP contribution in [0.15, 0.2) is 54.6 Å². The van der Waals surface area contributed by atoms with Gasteiger partial charge in [0.15, 0.2) is 0 Å². The first-order valence-corrected chi connectivity index (χ1v) is 10.3. The molecule has 0 bridgehead atoms. The Kier molecular flexibility index (Phi) is 5.34. The summed E-state index contributed by atoms with van der Waals surface area (Å²) in [6, 6.07) is 19.0. The molecule has 0 aliphatic carbocycles. The van der Waals surface area contributed by atoms with Crippen molar-refractivity contribution in [3.05, 3.63) is 65.7 Å². The molecule has 2 N–H and O–H groups in total. The van der Waals surface area contributed by atoms with Crippen LogP contribution in [0.2, 0.25) is 0 Å². The van der Waals surface area contributed by atoms with Gasteiger partial charge in [0.1, 0.15) is 0 Å². The van der Waals surface area contributed by atoms with E-state index in [9.17, 15) is 4.79 Å². The summed E-state index contributed by atoms with van der Waals surface area (Å²) in [5, 5.41) is 5.33. The van der Waals surface area contributed by atoms with Crippen molar-refractivity contribution in [2.45, 2.75) is 46.1 Å². The average molecular weight is 386 g/mol. The van der Waals surface area contributed by atoms with E-state index in [4.69, 9.17) is 4.98 Å². The van der Waals surface area contributed by atoms with Crippen molar-refractivity contribution in [3.63, 3.8) is 0 Å². The van der Waals surface area contributed by atoms with Crippen molar-refractivity contribution in [1.82, 2.24) is 15.3 Å². The molecule has 0 aliphatic rings. The van der Waals surface area contributed by atoms with Crippen molar-refractivity contribution >= 4 is 27.7 Å². The number of hydrogen-bond acceptors (Lipinski definition) is 2. The zero-order chi connectivity index (χ0) is 20.4. The van der Waals surface area contributed by atoms with Crippen LogP contribution in [-0.2, 0) is 11.2 Å². The number of nitrogens with one attached hydrogen (secondary N) is 2. The smallest absolute Gasteiger partial charge is 0.220 e. The van der Waals surface area contributed by atoms with Crippen LogP contribution in [0.4, 0.5) is 0 Å². The van der Waals surface area contributed by atoms with Crippen molar-refractivity contribution in [2.24, 2.45) is 0 Å². The number of carbonyl (C=O) groups excluding carboxylic acids is 1. The molecule has 2 aromatic heterocycles. The lowest BCUT2D eigenvalue weighted by molar-refractivity contribution is -0.121. The number of H-pyrrole nitrogens is 1. The summed E-state index contributed by atoms with van der Waals surface area (Å²) in [4.78, 5) is 20.5. The fraction of sp³-hybridized carbons (Fsp3) is 0.280. The molecule has 0 spiro atoms. The van der Waals surface area contributed by atoms with Gasteiger partial charge in [-0.15, -0.1) is 0 Å². The number of carbonyl (C=O) groups is 1. The van der Waals surface area contributed by atoms with Crippen LogP contribution in [0.5, 0.6) is 0 Å². The highest BCUT2D eigenvalue weighted by Crippen LogP contribution is 2.32. The molecule has 0 fully saturated rings. The number of pyridine rings is 1. The van der Waals surface area contributed by atoms with Gasteiger partial charge in [0.25, 0.3) is 0 Å². The Morgan fingerprint density at radius 2 is 1.93 bits per heavy atom. The molecule has 0 saturated heterocycles. The molecule has 2 heterocycles. The van der Waals surface area contributed by atoms with E-state index in [0.29, 0.717) is 6.42 Å². The molecule has 2 aromatic carbocycles. The number of aromatic nitrogens is 2. The molecule has 4 aromatic rings. The van der Waals surface area contributed by atoms with E-state index in [1.54, 1.807) is 0 Å². The lowest BCUT2D eigenvalue weighted by Crippen LogP contribution is -2.29. The van der Waals surface area contributed by atoms with Gasteiger partial charge in [0.2, 0.25) is 5.91 Å². The summed E-state index contributed by atoms with van der Waals surface area (Å²) >= 11 is 0. The molecule has 0 saturated carbocycles. The summed E-state index contributed by atoms with van der Waals surface area (Å²) in [5.41, 5.74) is 6.57. The summed E-state index contributed by atoms with van der Waals surface area (Å²) < 4.78 is 0. The predicted molar refractivity (Wildman–Crippen MR) is 120 cm³/mol. The molecule has 4 heteroatoms. The van der Waals surface area contributed by atoms with Gasteiger partial charge in [-0.05, 0) is 63.4 Å². The lowest BCUT2D eigenvalue weighted by Gasteiger charge is -2.09. The van der Waals surface area contributed by atoms with Crippen LogP contribution in [-0.4, -0.2) is 21.9 Å². The molecule has 1 amide bonds. The largest absolute Gasteiger partial charge is 0.354 e. The fourth-order valence-corrected chi connectivity index (χ4v) is 3.86. The monoisotopic (exact) mass is 385 g/mol. The first-order chi connectivity index (χ1) is 14.0. The lowest BCUT2D eigenvalue weighted by atomic mass is 10.0. The van der Waals surface area contributed by atoms with Crippen LogP contribution in [0.3, 0.4) is 0 Å². The number of fused-ring (bicyclic) bond motifs is 2. The number of amides is 1. The quantitative estimate of drug-likeness (QED) is 0.458. The van der Waals surface area contributed by atoms with Crippen molar-refractivity contribution in [3.8, 4) is 11.4 Å². The Balaban J connectivity index is 1.70. The highest BCUT2D eigenvalue weighted by Gasteiger charge is 2.15. The third-order valence-corrected chi connectivity index (χ3v) is 5.20. The third-order valence-electron chi connectivity index (χ3n) is 5.20. The van der Waals surface area contributed by atoms with Gasteiger partial charge >= 0.3 is 0 Å². The topological polar surface area (TPSA) is 57.8 Å². The Hall–Kier alpha value is -3.14. The summed E-state index contributed by atoms with van der Waals surface area (Å²) in [6.45, 7) is 6.09. The molecule has 4 rings (SSSR count). The van der Waals surface area contributed by atoms with Gasteiger partial charge in [-0.25, -0.2) is 4.98 Å². The zero-order valence-corrected chi connectivity index (χ0v) is 17.3. The van der Waals surface area contributed by atoms with Gasteiger partial charge in [0, 0.05) is 28.8 Å². The van der Waals surface area contributed by atoms with Gasteiger partial charge in [0.05, 0.1) is 16.9 Å². The summed E-state index contributed by atoms with van der Waals surface area (Å²) in [6.07, 6.45) is 2.17. The maximum absolute atomic E-state index is 12.1. The Morgan fingerprint density at radius 1 is 1.10 bits per heavy atom. The maximum Gasteiger partial charge on any atom is 0.220 e. The second-order valence-corrected chi connectivity index (χ2v) is 7.99.